The maximum absolute atomic E-state index is 13.6. The lowest BCUT2D eigenvalue weighted by Crippen LogP contribution is -2.28. The summed E-state index contributed by atoms with van der Waals surface area (Å²) in [6, 6.07) is 12.2. The van der Waals surface area contributed by atoms with Gasteiger partial charge in [-0.1, -0.05) is 17.7 Å². The Kier molecular flexibility index (Phi) is 6.37. The molecule has 172 valence electrons. The van der Waals surface area contributed by atoms with Gasteiger partial charge in [0, 0.05) is 43.4 Å². The number of alkyl halides is 1. The summed E-state index contributed by atoms with van der Waals surface area (Å²) in [6.07, 6.45) is 0.351. The largest absolute Gasteiger partial charge is 0.493 e. The van der Waals surface area contributed by atoms with Crippen molar-refractivity contribution in [3.63, 3.8) is 0 Å². The van der Waals surface area contributed by atoms with Crippen molar-refractivity contribution < 1.29 is 13.9 Å². The Morgan fingerprint density at radius 2 is 1.91 bits per heavy atom. The molecule has 0 bridgehead atoms. The standard InChI is InChI=1S/C24H24ClFN4O3/c1-28(2)21(31)14-19-22-18-10-5-15(25)13-20(18)29(3)23(22)24(32)30(27-19)16-6-8-17(9-7-16)33-12-4-11-26/h5-10,13H,4,11-12,14H2,1-3H3/i26-1. The number of likely N-dealkylation sites (N-methyl/N-ethyl adjacent to an activating group) is 1. The number of amides is 1. The fraction of sp³-hybridized carbons (Fsp3) is 0.292. The van der Waals surface area contributed by atoms with Gasteiger partial charge in [-0.05, 0) is 36.4 Å². The molecule has 1 amide bonds. The lowest BCUT2D eigenvalue weighted by Gasteiger charge is -2.13. The van der Waals surface area contributed by atoms with Crippen molar-refractivity contribution in [2.24, 2.45) is 7.05 Å². The SMILES string of the molecule is CN(C)C(=O)Cc1nn(-c2ccc(OCCC[18F])cc2)c(=O)c2c1c1ccc(Cl)cc1n2C. The summed E-state index contributed by atoms with van der Waals surface area (Å²) in [4.78, 5) is 27.6. The average Bonchev–Trinajstić information content (AvgIpc) is 3.09. The van der Waals surface area contributed by atoms with Gasteiger partial charge in [0.2, 0.25) is 5.91 Å². The molecule has 33 heavy (non-hydrogen) atoms. The molecule has 2 heterocycles. The number of aromatic nitrogens is 3. The number of aryl methyl sites for hydroxylation is 1. The first-order valence-corrected chi connectivity index (χ1v) is 10.9. The fourth-order valence-corrected chi connectivity index (χ4v) is 3.96. The zero-order chi connectivity index (χ0) is 23.7. The van der Waals surface area contributed by atoms with Gasteiger partial charge < -0.3 is 14.2 Å². The van der Waals surface area contributed by atoms with Crippen LogP contribution in [0, 0.1) is 0 Å². The van der Waals surface area contributed by atoms with Gasteiger partial charge in [-0.3, -0.25) is 14.0 Å². The number of hydrogen-bond acceptors (Lipinski definition) is 4. The van der Waals surface area contributed by atoms with E-state index < -0.39 is 6.67 Å². The average molecular weight is 470 g/mol. The number of halogens is 2. The Balaban J connectivity index is 1.91. The van der Waals surface area contributed by atoms with Crippen molar-refractivity contribution in [2.45, 2.75) is 12.8 Å². The second-order valence-corrected chi connectivity index (χ2v) is 8.39. The molecule has 0 fully saturated rings. The number of rotatable bonds is 7. The summed E-state index contributed by atoms with van der Waals surface area (Å²) in [6.45, 7) is -0.169. The van der Waals surface area contributed by atoms with E-state index >= 15 is 0 Å². The Morgan fingerprint density at radius 1 is 1.18 bits per heavy atom. The van der Waals surface area contributed by atoms with Gasteiger partial charge in [-0.2, -0.15) is 9.78 Å². The molecule has 2 aromatic carbocycles. The first kappa shape index (κ1) is 22.8. The summed E-state index contributed by atoms with van der Waals surface area (Å²) in [7, 11) is 5.16. The van der Waals surface area contributed by atoms with Crippen molar-refractivity contribution >= 4 is 39.3 Å². The Labute approximate surface area is 194 Å². The van der Waals surface area contributed by atoms with Gasteiger partial charge in [0.05, 0.1) is 36.6 Å². The second kappa shape index (κ2) is 9.23. The third kappa shape index (κ3) is 4.30. The lowest BCUT2D eigenvalue weighted by molar-refractivity contribution is -0.128. The van der Waals surface area contributed by atoms with E-state index in [1.165, 1.54) is 9.58 Å². The van der Waals surface area contributed by atoms with Crippen LogP contribution in [0.1, 0.15) is 12.1 Å². The lowest BCUT2D eigenvalue weighted by atomic mass is 10.1. The molecule has 0 spiro atoms. The number of benzene rings is 2. The van der Waals surface area contributed by atoms with Crippen molar-refractivity contribution in [1.82, 2.24) is 19.2 Å². The molecule has 0 saturated heterocycles. The smallest absolute Gasteiger partial charge is 0.296 e. The van der Waals surface area contributed by atoms with Crippen LogP contribution >= 0.6 is 11.6 Å². The van der Waals surface area contributed by atoms with Crippen LogP contribution < -0.4 is 10.3 Å². The quantitative estimate of drug-likeness (QED) is 0.385. The van der Waals surface area contributed by atoms with Crippen LogP contribution in [-0.4, -0.2) is 52.5 Å². The molecule has 0 saturated carbocycles. The second-order valence-electron chi connectivity index (χ2n) is 7.96. The van der Waals surface area contributed by atoms with Gasteiger partial charge >= 0.3 is 0 Å². The summed E-state index contributed by atoms with van der Waals surface area (Å²) in [5, 5.41) is 6.61. The molecular weight excluding hydrogens is 446 g/mol. The van der Waals surface area contributed by atoms with Crippen molar-refractivity contribution in [1.29, 1.82) is 0 Å². The number of ether oxygens (including phenoxy) is 1. The Hall–Kier alpha value is -3.39. The van der Waals surface area contributed by atoms with E-state index in [1.807, 2.05) is 6.07 Å². The number of hydrogen-bond donors (Lipinski definition) is 0. The van der Waals surface area contributed by atoms with Crippen LogP contribution in [0.3, 0.4) is 0 Å². The van der Waals surface area contributed by atoms with Crippen LogP contribution in [-0.2, 0) is 18.3 Å². The zero-order valence-electron chi connectivity index (χ0n) is 18.6. The summed E-state index contributed by atoms with van der Waals surface area (Å²) < 4.78 is 20.9. The minimum absolute atomic E-state index is 0.0376. The Bertz CT molecular complexity index is 1390. The highest BCUT2D eigenvalue weighted by Crippen LogP contribution is 2.31. The molecule has 0 radical (unpaired) electrons. The molecule has 0 atom stereocenters. The molecule has 4 rings (SSSR count). The fourth-order valence-electron chi connectivity index (χ4n) is 3.80. The molecule has 0 N–H and O–H groups in total. The van der Waals surface area contributed by atoms with E-state index in [-0.39, 0.29) is 24.5 Å². The maximum atomic E-state index is 13.6. The van der Waals surface area contributed by atoms with Gasteiger partial charge in [0.1, 0.15) is 11.3 Å². The first-order chi connectivity index (χ1) is 15.8. The molecule has 0 aliphatic carbocycles. The van der Waals surface area contributed by atoms with Crippen LogP contribution in [0.15, 0.2) is 47.3 Å². The highest BCUT2D eigenvalue weighted by atomic mass is 35.5. The molecule has 0 aliphatic heterocycles. The molecule has 7 nitrogen and oxygen atoms in total. The van der Waals surface area contributed by atoms with Gasteiger partial charge in [-0.25, -0.2) is 0 Å². The minimum Gasteiger partial charge on any atom is -0.493 e. The first-order valence-electron chi connectivity index (χ1n) is 10.5. The summed E-state index contributed by atoms with van der Waals surface area (Å²) in [5.41, 5.74) is 1.93. The van der Waals surface area contributed by atoms with Crippen LogP contribution in [0.5, 0.6) is 5.75 Å². The van der Waals surface area contributed by atoms with Crippen LogP contribution in [0.2, 0.25) is 5.02 Å². The van der Waals surface area contributed by atoms with Crippen LogP contribution in [0.25, 0.3) is 27.5 Å². The van der Waals surface area contributed by atoms with E-state index in [2.05, 4.69) is 5.10 Å². The molecule has 2 aromatic heterocycles. The number of carbonyl (C=O) groups is 1. The number of nitrogens with zero attached hydrogens (tertiary/aromatic N) is 4. The van der Waals surface area contributed by atoms with E-state index in [1.54, 1.807) is 62.1 Å². The van der Waals surface area contributed by atoms with Crippen molar-refractivity contribution in [2.75, 3.05) is 27.4 Å². The molecule has 9 heteroatoms. The summed E-state index contributed by atoms with van der Waals surface area (Å²) >= 11 is 6.21. The minimum atomic E-state index is -0.442. The van der Waals surface area contributed by atoms with E-state index in [4.69, 9.17) is 16.3 Å². The monoisotopic (exact) mass is 469 g/mol. The van der Waals surface area contributed by atoms with E-state index in [0.717, 1.165) is 10.9 Å². The zero-order valence-corrected chi connectivity index (χ0v) is 19.4. The number of carbonyl (C=O) groups excluding carboxylic acids is 1. The third-order valence-corrected chi connectivity index (χ3v) is 5.75. The van der Waals surface area contributed by atoms with Crippen molar-refractivity contribution in [3.8, 4) is 11.4 Å². The highest BCUT2D eigenvalue weighted by Gasteiger charge is 2.22. The topological polar surface area (TPSA) is 69.4 Å². The normalized spacial score (nSPS) is 11.3. The van der Waals surface area contributed by atoms with Crippen molar-refractivity contribution in [3.05, 3.63) is 63.5 Å². The third-order valence-electron chi connectivity index (χ3n) is 5.51. The van der Waals surface area contributed by atoms with Gasteiger partial charge in [-0.15, -0.1) is 0 Å². The van der Waals surface area contributed by atoms with E-state index in [9.17, 15) is 14.0 Å². The molecular formula is C24H24ClFN4O3. The molecule has 0 unspecified atom stereocenters. The summed E-state index contributed by atoms with van der Waals surface area (Å²) in [5.74, 6) is 0.445. The van der Waals surface area contributed by atoms with Gasteiger partial charge in [0.15, 0.2) is 0 Å². The molecule has 4 aromatic rings. The highest BCUT2D eigenvalue weighted by molar-refractivity contribution is 6.31. The number of fused-ring (bicyclic) bond motifs is 3. The Morgan fingerprint density at radius 3 is 2.58 bits per heavy atom. The maximum Gasteiger partial charge on any atom is 0.296 e. The molecule has 0 aliphatic rings. The predicted octanol–water partition coefficient (Wildman–Crippen LogP) is 3.90. The van der Waals surface area contributed by atoms with E-state index in [0.29, 0.717) is 39.5 Å². The van der Waals surface area contributed by atoms with Crippen LogP contribution in [0.4, 0.5) is 4.39 Å². The predicted molar refractivity (Wildman–Crippen MR) is 127 cm³/mol. The van der Waals surface area contributed by atoms with Gasteiger partial charge in [0.25, 0.3) is 5.56 Å².